The predicted octanol–water partition coefficient (Wildman–Crippen LogP) is 3.96. The summed E-state index contributed by atoms with van der Waals surface area (Å²) < 4.78 is 1.11. The number of benzene rings is 1. The summed E-state index contributed by atoms with van der Waals surface area (Å²) >= 11 is 3.46. The number of nitrogens with zero attached hydrogens (tertiary/aromatic N) is 1. The van der Waals surface area contributed by atoms with Crippen molar-refractivity contribution in [1.82, 2.24) is 4.90 Å². The van der Waals surface area contributed by atoms with Crippen molar-refractivity contribution in [2.45, 2.75) is 45.2 Å². The van der Waals surface area contributed by atoms with E-state index in [4.69, 9.17) is 5.73 Å². The molecule has 0 aromatic heterocycles. The van der Waals surface area contributed by atoms with Crippen LogP contribution in [-0.4, -0.2) is 24.0 Å². The van der Waals surface area contributed by atoms with Crippen molar-refractivity contribution in [2.24, 2.45) is 11.7 Å². The van der Waals surface area contributed by atoms with E-state index in [1.54, 1.807) is 0 Å². The minimum atomic E-state index is 0.150. The van der Waals surface area contributed by atoms with Crippen molar-refractivity contribution in [3.63, 3.8) is 0 Å². The average Bonchev–Trinajstić information content (AvgIpc) is 2.40. The molecule has 2 nitrogen and oxygen atoms in total. The van der Waals surface area contributed by atoms with E-state index in [9.17, 15) is 0 Å². The second-order valence-electron chi connectivity index (χ2n) is 5.97. The fourth-order valence-corrected chi connectivity index (χ4v) is 3.14. The number of likely N-dealkylation sites (tertiary alicyclic amines) is 1. The molecule has 2 rings (SSSR count). The van der Waals surface area contributed by atoms with E-state index in [-0.39, 0.29) is 6.04 Å². The van der Waals surface area contributed by atoms with Crippen LogP contribution in [0.4, 0.5) is 0 Å². The van der Waals surface area contributed by atoms with E-state index in [0.717, 1.165) is 23.4 Å². The summed E-state index contributed by atoms with van der Waals surface area (Å²) in [5, 5.41) is 0. The second kappa shape index (κ2) is 6.87. The maximum atomic E-state index is 6.30. The van der Waals surface area contributed by atoms with Crippen LogP contribution < -0.4 is 5.73 Å². The van der Waals surface area contributed by atoms with Crippen molar-refractivity contribution >= 4 is 15.9 Å². The van der Waals surface area contributed by atoms with Gasteiger partial charge < -0.3 is 10.6 Å². The Kier molecular flexibility index (Phi) is 5.43. The molecule has 0 spiro atoms. The molecule has 3 heteroatoms. The Morgan fingerprint density at radius 3 is 2.63 bits per heavy atom. The molecule has 19 heavy (non-hydrogen) atoms. The van der Waals surface area contributed by atoms with Crippen LogP contribution in [0.5, 0.6) is 0 Å². The standard InChI is InChI=1S/C16H25BrN2/c1-12-3-4-13(2)19(11-12)10-9-16(18)14-5-7-15(17)8-6-14/h5-8,12-13,16H,3-4,9-11,18H2,1-2H3. The summed E-state index contributed by atoms with van der Waals surface area (Å²) in [7, 11) is 0. The summed E-state index contributed by atoms with van der Waals surface area (Å²) in [5.41, 5.74) is 7.54. The summed E-state index contributed by atoms with van der Waals surface area (Å²) in [6.45, 7) is 7.04. The molecule has 2 N–H and O–H groups in total. The molecule has 1 aromatic carbocycles. The normalized spacial score (nSPS) is 26.3. The van der Waals surface area contributed by atoms with Crippen LogP contribution in [0.2, 0.25) is 0 Å². The lowest BCUT2D eigenvalue weighted by Gasteiger charge is -2.37. The molecule has 106 valence electrons. The Morgan fingerprint density at radius 2 is 1.95 bits per heavy atom. The van der Waals surface area contributed by atoms with Gasteiger partial charge >= 0.3 is 0 Å². The summed E-state index contributed by atoms with van der Waals surface area (Å²) in [6, 6.07) is 9.25. The Hall–Kier alpha value is -0.380. The molecule has 0 bridgehead atoms. The molecule has 0 amide bonds. The van der Waals surface area contributed by atoms with E-state index < -0.39 is 0 Å². The van der Waals surface area contributed by atoms with Crippen LogP contribution in [0.1, 0.15) is 44.7 Å². The molecule has 1 aromatic rings. The van der Waals surface area contributed by atoms with E-state index in [2.05, 4.69) is 58.9 Å². The molecule has 0 aliphatic carbocycles. The molecule has 1 aliphatic rings. The fourth-order valence-electron chi connectivity index (χ4n) is 2.87. The Morgan fingerprint density at radius 1 is 1.26 bits per heavy atom. The zero-order valence-electron chi connectivity index (χ0n) is 12.0. The van der Waals surface area contributed by atoms with Crippen molar-refractivity contribution in [3.05, 3.63) is 34.3 Å². The fraction of sp³-hybridized carbons (Fsp3) is 0.625. The zero-order valence-corrected chi connectivity index (χ0v) is 13.6. The highest BCUT2D eigenvalue weighted by Crippen LogP contribution is 2.23. The zero-order chi connectivity index (χ0) is 13.8. The van der Waals surface area contributed by atoms with Crippen LogP contribution in [0.25, 0.3) is 0 Å². The molecule has 1 fully saturated rings. The number of halogens is 1. The third-order valence-corrected chi connectivity index (χ3v) is 4.80. The van der Waals surface area contributed by atoms with Crippen LogP contribution >= 0.6 is 15.9 Å². The summed E-state index contributed by atoms with van der Waals surface area (Å²) in [6.07, 6.45) is 3.74. The Labute approximate surface area is 125 Å². The summed E-state index contributed by atoms with van der Waals surface area (Å²) in [5.74, 6) is 0.833. The van der Waals surface area contributed by atoms with Crippen LogP contribution in [-0.2, 0) is 0 Å². The molecular formula is C16H25BrN2. The van der Waals surface area contributed by atoms with Crippen molar-refractivity contribution in [3.8, 4) is 0 Å². The van der Waals surface area contributed by atoms with Crippen LogP contribution in [0, 0.1) is 5.92 Å². The van der Waals surface area contributed by atoms with E-state index in [1.807, 2.05) is 0 Å². The average molecular weight is 325 g/mol. The van der Waals surface area contributed by atoms with Gasteiger partial charge in [-0.3, -0.25) is 0 Å². The molecule has 3 atom stereocenters. The van der Waals surface area contributed by atoms with E-state index >= 15 is 0 Å². The third-order valence-electron chi connectivity index (χ3n) is 4.27. The van der Waals surface area contributed by atoms with Gasteiger partial charge in [0.05, 0.1) is 0 Å². The SMILES string of the molecule is CC1CCC(C)N(CCC(N)c2ccc(Br)cc2)C1. The first-order valence-electron chi connectivity index (χ1n) is 7.31. The molecule has 1 saturated heterocycles. The maximum Gasteiger partial charge on any atom is 0.0307 e. The van der Waals surface area contributed by atoms with Gasteiger partial charge in [-0.15, -0.1) is 0 Å². The van der Waals surface area contributed by atoms with Crippen molar-refractivity contribution in [2.75, 3.05) is 13.1 Å². The van der Waals surface area contributed by atoms with Gasteiger partial charge in [0.2, 0.25) is 0 Å². The van der Waals surface area contributed by atoms with Gasteiger partial charge in [0.25, 0.3) is 0 Å². The van der Waals surface area contributed by atoms with Gasteiger partial charge in [0, 0.05) is 29.6 Å². The number of rotatable bonds is 4. The molecule has 0 saturated carbocycles. The largest absolute Gasteiger partial charge is 0.324 e. The predicted molar refractivity (Wildman–Crippen MR) is 85.1 cm³/mol. The highest BCUT2D eigenvalue weighted by atomic mass is 79.9. The molecule has 1 heterocycles. The Balaban J connectivity index is 1.85. The lowest BCUT2D eigenvalue weighted by atomic mass is 9.94. The quantitative estimate of drug-likeness (QED) is 0.908. The first-order chi connectivity index (χ1) is 9.06. The number of piperidine rings is 1. The first kappa shape index (κ1) is 15.0. The van der Waals surface area contributed by atoms with E-state index in [1.165, 1.54) is 24.9 Å². The molecule has 0 radical (unpaired) electrons. The number of hydrogen-bond acceptors (Lipinski definition) is 2. The monoisotopic (exact) mass is 324 g/mol. The summed E-state index contributed by atoms with van der Waals surface area (Å²) in [4.78, 5) is 2.60. The highest BCUT2D eigenvalue weighted by Gasteiger charge is 2.22. The smallest absolute Gasteiger partial charge is 0.0307 e. The topological polar surface area (TPSA) is 29.3 Å². The number of nitrogens with two attached hydrogens (primary N) is 1. The van der Waals surface area contributed by atoms with Crippen LogP contribution in [0.3, 0.4) is 0 Å². The molecule has 3 unspecified atom stereocenters. The lowest BCUT2D eigenvalue weighted by molar-refractivity contribution is 0.121. The lowest BCUT2D eigenvalue weighted by Crippen LogP contribution is -2.42. The molecule has 1 aliphatic heterocycles. The minimum absolute atomic E-state index is 0.150. The highest BCUT2D eigenvalue weighted by molar-refractivity contribution is 9.10. The van der Waals surface area contributed by atoms with Crippen LogP contribution in [0.15, 0.2) is 28.7 Å². The number of hydrogen-bond donors (Lipinski definition) is 1. The van der Waals surface area contributed by atoms with E-state index in [0.29, 0.717) is 6.04 Å². The Bertz CT molecular complexity index is 390. The second-order valence-corrected chi connectivity index (χ2v) is 6.89. The minimum Gasteiger partial charge on any atom is -0.324 e. The van der Waals surface area contributed by atoms with Gasteiger partial charge in [-0.05, 0) is 49.8 Å². The van der Waals surface area contributed by atoms with Gasteiger partial charge in [0.1, 0.15) is 0 Å². The first-order valence-corrected chi connectivity index (χ1v) is 8.10. The molecular weight excluding hydrogens is 300 g/mol. The maximum absolute atomic E-state index is 6.30. The van der Waals surface area contributed by atoms with Gasteiger partial charge in [-0.2, -0.15) is 0 Å². The van der Waals surface area contributed by atoms with Gasteiger partial charge in [-0.1, -0.05) is 35.0 Å². The van der Waals surface area contributed by atoms with Gasteiger partial charge in [-0.25, -0.2) is 0 Å². The van der Waals surface area contributed by atoms with Crippen molar-refractivity contribution < 1.29 is 0 Å². The third kappa shape index (κ3) is 4.30. The van der Waals surface area contributed by atoms with Crippen molar-refractivity contribution in [1.29, 1.82) is 0 Å². The van der Waals surface area contributed by atoms with Gasteiger partial charge in [0.15, 0.2) is 0 Å².